The van der Waals surface area contributed by atoms with Crippen molar-refractivity contribution in [2.45, 2.75) is 19.9 Å². The van der Waals surface area contributed by atoms with Crippen LogP contribution in [0.4, 0.5) is 5.82 Å². The Morgan fingerprint density at radius 3 is 2.62 bits per heavy atom. The molecule has 1 aromatic heterocycles. The van der Waals surface area contributed by atoms with Crippen molar-refractivity contribution >= 4 is 22.5 Å². The molecular formula is C18H25N5O. The van der Waals surface area contributed by atoms with Crippen molar-refractivity contribution in [1.29, 1.82) is 0 Å². The molecule has 0 bridgehead atoms. The van der Waals surface area contributed by atoms with Gasteiger partial charge in [-0.1, -0.05) is 24.3 Å². The zero-order chi connectivity index (χ0) is 17.1. The molecule has 1 aromatic carbocycles. The van der Waals surface area contributed by atoms with Crippen molar-refractivity contribution in [3.8, 4) is 0 Å². The molecule has 1 amide bonds. The first kappa shape index (κ1) is 16.6. The quantitative estimate of drug-likeness (QED) is 0.854. The monoisotopic (exact) mass is 327 g/mol. The first-order valence-electron chi connectivity index (χ1n) is 8.49. The third kappa shape index (κ3) is 3.48. The van der Waals surface area contributed by atoms with Crippen LogP contribution in [0.1, 0.15) is 13.8 Å². The molecule has 6 nitrogen and oxygen atoms in total. The van der Waals surface area contributed by atoms with E-state index in [1.54, 1.807) is 6.20 Å². The highest BCUT2D eigenvalue weighted by Gasteiger charge is 2.24. The number of carbonyl (C=O) groups excluding carboxylic acids is 1. The predicted molar refractivity (Wildman–Crippen MR) is 96.1 cm³/mol. The summed E-state index contributed by atoms with van der Waals surface area (Å²) in [6.45, 7) is 7.73. The van der Waals surface area contributed by atoms with Crippen LogP contribution in [0.5, 0.6) is 0 Å². The van der Waals surface area contributed by atoms with E-state index in [0.717, 1.165) is 42.8 Å². The minimum Gasteiger partial charge on any atom is -0.351 e. The zero-order valence-corrected chi connectivity index (χ0v) is 14.6. The average Bonchev–Trinajstić information content (AvgIpc) is 2.61. The standard InChI is InChI=1S/C18H25N5O/c1-14(2)21(3)13-17(24)22-8-10-23(11-9-22)18-16-7-5-4-6-15(16)12-19-20-18/h4-7,12,14H,8-11,13H2,1-3H3. The lowest BCUT2D eigenvalue weighted by molar-refractivity contribution is -0.132. The Morgan fingerprint density at radius 2 is 1.92 bits per heavy atom. The number of anilines is 1. The SMILES string of the molecule is CC(C)N(C)CC(=O)N1CCN(c2nncc3ccccc23)CC1. The molecule has 1 aliphatic rings. The summed E-state index contributed by atoms with van der Waals surface area (Å²) >= 11 is 0. The second-order valence-electron chi connectivity index (χ2n) is 6.63. The smallest absolute Gasteiger partial charge is 0.236 e. The minimum absolute atomic E-state index is 0.204. The fourth-order valence-electron chi connectivity index (χ4n) is 2.91. The van der Waals surface area contributed by atoms with Gasteiger partial charge in [0.25, 0.3) is 0 Å². The van der Waals surface area contributed by atoms with Crippen LogP contribution in [0.15, 0.2) is 30.5 Å². The molecular weight excluding hydrogens is 302 g/mol. The summed E-state index contributed by atoms with van der Waals surface area (Å²) in [4.78, 5) is 18.7. The van der Waals surface area contributed by atoms with Crippen LogP contribution >= 0.6 is 0 Å². The summed E-state index contributed by atoms with van der Waals surface area (Å²) < 4.78 is 0. The number of carbonyl (C=O) groups is 1. The van der Waals surface area contributed by atoms with E-state index in [4.69, 9.17) is 0 Å². The molecule has 0 spiro atoms. The highest BCUT2D eigenvalue weighted by molar-refractivity contribution is 5.91. The van der Waals surface area contributed by atoms with Crippen LogP contribution in [0.25, 0.3) is 10.8 Å². The Kier molecular flexibility index (Phi) is 4.94. The Bertz CT molecular complexity index is 704. The Morgan fingerprint density at radius 1 is 1.21 bits per heavy atom. The third-order valence-electron chi connectivity index (χ3n) is 4.75. The van der Waals surface area contributed by atoms with E-state index in [9.17, 15) is 4.79 Å². The van der Waals surface area contributed by atoms with Crippen molar-refractivity contribution in [3.05, 3.63) is 30.5 Å². The number of piperazine rings is 1. The van der Waals surface area contributed by atoms with Gasteiger partial charge in [0.2, 0.25) is 5.91 Å². The first-order valence-corrected chi connectivity index (χ1v) is 8.49. The molecule has 2 heterocycles. The average molecular weight is 327 g/mol. The number of hydrogen-bond donors (Lipinski definition) is 0. The molecule has 0 radical (unpaired) electrons. The van der Waals surface area contributed by atoms with Crippen LogP contribution in [-0.2, 0) is 4.79 Å². The summed E-state index contributed by atoms with van der Waals surface area (Å²) in [5, 5.41) is 10.7. The number of rotatable bonds is 4. The van der Waals surface area contributed by atoms with E-state index in [-0.39, 0.29) is 5.91 Å². The molecule has 1 fully saturated rings. The van der Waals surface area contributed by atoms with Gasteiger partial charge in [0.05, 0.1) is 12.7 Å². The van der Waals surface area contributed by atoms with E-state index < -0.39 is 0 Å². The second-order valence-corrected chi connectivity index (χ2v) is 6.63. The fraction of sp³-hybridized carbons (Fsp3) is 0.500. The fourth-order valence-corrected chi connectivity index (χ4v) is 2.91. The topological polar surface area (TPSA) is 52.6 Å². The summed E-state index contributed by atoms with van der Waals surface area (Å²) in [6.07, 6.45) is 1.79. The number of amides is 1. The molecule has 0 aliphatic carbocycles. The number of benzene rings is 1. The maximum Gasteiger partial charge on any atom is 0.236 e. The first-order chi connectivity index (χ1) is 11.6. The van der Waals surface area contributed by atoms with Crippen molar-refractivity contribution in [3.63, 3.8) is 0 Å². The number of likely N-dealkylation sites (N-methyl/N-ethyl adjacent to an activating group) is 1. The Hall–Kier alpha value is -2.21. The Labute approximate surface area is 143 Å². The summed E-state index contributed by atoms with van der Waals surface area (Å²) in [5.74, 6) is 1.12. The van der Waals surface area contributed by atoms with E-state index in [2.05, 4.69) is 46.0 Å². The lowest BCUT2D eigenvalue weighted by Gasteiger charge is -2.36. The van der Waals surface area contributed by atoms with Gasteiger partial charge in [0.1, 0.15) is 0 Å². The molecule has 0 atom stereocenters. The summed E-state index contributed by atoms with van der Waals surface area (Å²) in [6, 6.07) is 8.54. The molecule has 1 aliphatic heterocycles. The molecule has 1 saturated heterocycles. The number of nitrogens with zero attached hydrogens (tertiary/aromatic N) is 5. The molecule has 0 N–H and O–H groups in total. The van der Waals surface area contributed by atoms with Gasteiger partial charge in [-0.3, -0.25) is 9.69 Å². The molecule has 0 unspecified atom stereocenters. The van der Waals surface area contributed by atoms with Gasteiger partial charge < -0.3 is 9.80 Å². The molecule has 128 valence electrons. The van der Waals surface area contributed by atoms with E-state index in [0.29, 0.717) is 12.6 Å². The molecule has 0 saturated carbocycles. The van der Waals surface area contributed by atoms with Gasteiger partial charge >= 0.3 is 0 Å². The van der Waals surface area contributed by atoms with E-state index >= 15 is 0 Å². The highest BCUT2D eigenvalue weighted by Crippen LogP contribution is 2.24. The largest absolute Gasteiger partial charge is 0.351 e. The van der Waals surface area contributed by atoms with Gasteiger partial charge in [0.15, 0.2) is 5.82 Å². The van der Waals surface area contributed by atoms with Gasteiger partial charge in [0, 0.05) is 43.0 Å². The third-order valence-corrected chi connectivity index (χ3v) is 4.75. The second kappa shape index (κ2) is 7.13. The normalized spacial score (nSPS) is 15.5. The van der Waals surface area contributed by atoms with E-state index in [1.165, 1.54) is 0 Å². The Balaban J connectivity index is 1.65. The molecule has 2 aromatic rings. The minimum atomic E-state index is 0.204. The van der Waals surface area contributed by atoms with Crippen molar-refractivity contribution in [2.24, 2.45) is 0 Å². The van der Waals surface area contributed by atoms with Crippen LogP contribution in [0, 0.1) is 0 Å². The lowest BCUT2D eigenvalue weighted by Crippen LogP contribution is -2.51. The van der Waals surface area contributed by atoms with Gasteiger partial charge in [-0.2, -0.15) is 5.10 Å². The predicted octanol–water partition coefficient (Wildman–Crippen LogP) is 1.62. The molecule has 3 rings (SSSR count). The lowest BCUT2D eigenvalue weighted by atomic mass is 10.1. The number of fused-ring (bicyclic) bond motifs is 1. The maximum absolute atomic E-state index is 12.4. The van der Waals surface area contributed by atoms with Crippen molar-refractivity contribution < 1.29 is 4.79 Å². The van der Waals surface area contributed by atoms with Crippen molar-refractivity contribution in [2.75, 3.05) is 44.7 Å². The van der Waals surface area contributed by atoms with Gasteiger partial charge in [-0.15, -0.1) is 5.10 Å². The van der Waals surface area contributed by atoms with Crippen LogP contribution < -0.4 is 4.90 Å². The number of aromatic nitrogens is 2. The van der Waals surface area contributed by atoms with E-state index in [1.807, 2.05) is 24.1 Å². The van der Waals surface area contributed by atoms with Crippen molar-refractivity contribution in [1.82, 2.24) is 20.0 Å². The molecule has 6 heteroatoms. The number of hydrogen-bond acceptors (Lipinski definition) is 5. The van der Waals surface area contributed by atoms with Gasteiger partial charge in [-0.05, 0) is 20.9 Å². The van der Waals surface area contributed by atoms with Crippen LogP contribution in [0.3, 0.4) is 0 Å². The summed E-state index contributed by atoms with van der Waals surface area (Å²) in [7, 11) is 1.99. The highest BCUT2D eigenvalue weighted by atomic mass is 16.2. The zero-order valence-electron chi connectivity index (χ0n) is 14.6. The molecule has 24 heavy (non-hydrogen) atoms. The summed E-state index contributed by atoms with van der Waals surface area (Å²) in [5.41, 5.74) is 0. The maximum atomic E-state index is 12.4. The van der Waals surface area contributed by atoms with Crippen LogP contribution in [0.2, 0.25) is 0 Å². The van der Waals surface area contributed by atoms with Gasteiger partial charge in [-0.25, -0.2) is 0 Å². The van der Waals surface area contributed by atoms with Crippen LogP contribution in [-0.4, -0.2) is 71.7 Å².